The Kier molecular flexibility index (Phi) is 6.87. The molecule has 0 radical (unpaired) electrons. The topological polar surface area (TPSA) is 67.8 Å². The number of unbranched alkanes of at least 4 members (excludes halogenated alkanes) is 1. The Labute approximate surface area is 145 Å². The second-order valence-corrected chi connectivity index (χ2v) is 6.78. The van der Waals surface area contributed by atoms with Crippen molar-refractivity contribution in [2.45, 2.75) is 38.1 Å². The highest BCUT2D eigenvalue weighted by molar-refractivity contribution is 7.99. The summed E-state index contributed by atoms with van der Waals surface area (Å²) in [6.07, 6.45) is 1.99. The van der Waals surface area contributed by atoms with Gasteiger partial charge in [0.05, 0.1) is 23.6 Å². The number of aliphatic carboxylic acids is 1. The number of benzene rings is 1. The van der Waals surface area contributed by atoms with Crippen LogP contribution in [0.3, 0.4) is 0 Å². The SMILES string of the molecule is CCCCOc1c(Cl)cc(C2NC(C(=O)O)CS2)cc1OCC. The van der Waals surface area contributed by atoms with Crippen molar-refractivity contribution in [3.05, 3.63) is 22.7 Å². The second-order valence-electron chi connectivity index (χ2n) is 5.24. The largest absolute Gasteiger partial charge is 0.490 e. The van der Waals surface area contributed by atoms with Crippen LogP contribution < -0.4 is 14.8 Å². The average Bonchev–Trinajstić information content (AvgIpc) is 3.00. The molecule has 1 fully saturated rings. The van der Waals surface area contributed by atoms with Gasteiger partial charge in [0.2, 0.25) is 0 Å². The molecule has 0 aromatic heterocycles. The zero-order valence-electron chi connectivity index (χ0n) is 13.3. The predicted molar refractivity (Wildman–Crippen MR) is 92.8 cm³/mol. The Morgan fingerprint density at radius 1 is 1.43 bits per heavy atom. The number of hydrogen-bond donors (Lipinski definition) is 2. The first-order valence-corrected chi connectivity index (χ1v) is 9.19. The van der Waals surface area contributed by atoms with Gasteiger partial charge in [-0.2, -0.15) is 0 Å². The first kappa shape index (κ1) is 18.2. The van der Waals surface area contributed by atoms with Crippen molar-refractivity contribution in [2.24, 2.45) is 0 Å². The molecular formula is C16H22ClNO4S. The van der Waals surface area contributed by atoms with E-state index >= 15 is 0 Å². The van der Waals surface area contributed by atoms with Crippen LogP contribution in [-0.4, -0.2) is 36.1 Å². The summed E-state index contributed by atoms with van der Waals surface area (Å²) in [5.41, 5.74) is 0.898. The lowest BCUT2D eigenvalue weighted by atomic mass is 10.2. The maximum atomic E-state index is 11.1. The van der Waals surface area contributed by atoms with Crippen LogP contribution in [0.4, 0.5) is 0 Å². The molecule has 1 aromatic carbocycles. The zero-order chi connectivity index (χ0) is 16.8. The molecule has 1 aromatic rings. The van der Waals surface area contributed by atoms with E-state index in [1.165, 1.54) is 0 Å². The number of halogens is 1. The van der Waals surface area contributed by atoms with Crippen LogP contribution in [0, 0.1) is 0 Å². The standard InChI is InChI=1S/C16H22ClNO4S/c1-3-5-6-22-14-11(17)7-10(8-13(14)21-4-2)15-18-12(9-23-15)16(19)20/h7-8,12,15,18H,3-6,9H2,1-2H3,(H,19,20). The van der Waals surface area contributed by atoms with E-state index < -0.39 is 12.0 Å². The van der Waals surface area contributed by atoms with Gasteiger partial charge in [-0.15, -0.1) is 11.8 Å². The normalized spacial score (nSPS) is 20.5. The van der Waals surface area contributed by atoms with Gasteiger partial charge in [0.25, 0.3) is 0 Å². The van der Waals surface area contributed by atoms with Gasteiger partial charge in [-0.3, -0.25) is 10.1 Å². The van der Waals surface area contributed by atoms with Gasteiger partial charge < -0.3 is 14.6 Å². The molecule has 0 bridgehead atoms. The third-order valence-electron chi connectivity index (χ3n) is 3.46. The van der Waals surface area contributed by atoms with Crippen LogP contribution in [0.1, 0.15) is 37.6 Å². The summed E-state index contributed by atoms with van der Waals surface area (Å²) < 4.78 is 11.4. The number of thioether (sulfide) groups is 1. The van der Waals surface area contributed by atoms with Gasteiger partial charge in [-0.25, -0.2) is 0 Å². The molecule has 1 heterocycles. The minimum atomic E-state index is -0.837. The third kappa shape index (κ3) is 4.68. The van der Waals surface area contributed by atoms with Crippen molar-refractivity contribution in [1.29, 1.82) is 0 Å². The lowest BCUT2D eigenvalue weighted by molar-refractivity contribution is -0.138. The Balaban J connectivity index is 2.20. The number of nitrogens with one attached hydrogen (secondary N) is 1. The molecule has 2 atom stereocenters. The van der Waals surface area contributed by atoms with E-state index in [1.54, 1.807) is 11.8 Å². The highest BCUT2D eigenvalue weighted by Gasteiger charge is 2.31. The molecule has 2 unspecified atom stereocenters. The fraction of sp³-hybridized carbons (Fsp3) is 0.562. The second kappa shape index (κ2) is 8.66. The van der Waals surface area contributed by atoms with Gasteiger partial charge in [0.1, 0.15) is 6.04 Å². The highest BCUT2D eigenvalue weighted by Crippen LogP contribution is 2.42. The number of carboxylic acids is 1. The highest BCUT2D eigenvalue weighted by atomic mass is 35.5. The quantitative estimate of drug-likeness (QED) is 0.690. The van der Waals surface area contributed by atoms with E-state index in [9.17, 15) is 4.79 Å². The van der Waals surface area contributed by atoms with Crippen LogP contribution >= 0.6 is 23.4 Å². The van der Waals surface area contributed by atoms with Gasteiger partial charge in [0, 0.05) is 5.75 Å². The summed E-state index contributed by atoms with van der Waals surface area (Å²) >= 11 is 7.92. The van der Waals surface area contributed by atoms with Gasteiger partial charge in [-0.1, -0.05) is 24.9 Å². The Bertz CT molecular complexity index is 555. The smallest absolute Gasteiger partial charge is 0.321 e. The lowest BCUT2D eigenvalue weighted by Gasteiger charge is -2.18. The first-order valence-electron chi connectivity index (χ1n) is 7.76. The molecule has 2 N–H and O–H groups in total. The van der Waals surface area contributed by atoms with E-state index in [0.717, 1.165) is 18.4 Å². The number of hydrogen-bond acceptors (Lipinski definition) is 5. The molecule has 0 saturated carbocycles. The molecule has 0 amide bonds. The van der Waals surface area contributed by atoms with E-state index in [2.05, 4.69) is 12.2 Å². The molecule has 1 saturated heterocycles. The minimum absolute atomic E-state index is 0.113. The molecule has 23 heavy (non-hydrogen) atoms. The van der Waals surface area contributed by atoms with Gasteiger partial charge in [0.15, 0.2) is 11.5 Å². The number of carbonyl (C=O) groups is 1. The van der Waals surface area contributed by atoms with Crippen LogP contribution in [0.2, 0.25) is 5.02 Å². The maximum Gasteiger partial charge on any atom is 0.321 e. The van der Waals surface area contributed by atoms with Gasteiger partial charge in [-0.05, 0) is 31.0 Å². The lowest BCUT2D eigenvalue weighted by Crippen LogP contribution is -2.33. The van der Waals surface area contributed by atoms with E-state index in [0.29, 0.717) is 35.5 Å². The number of ether oxygens (including phenoxy) is 2. The molecule has 5 nitrogen and oxygen atoms in total. The maximum absolute atomic E-state index is 11.1. The molecule has 1 aliphatic heterocycles. The fourth-order valence-corrected chi connectivity index (χ4v) is 3.75. The molecule has 2 rings (SSSR count). The zero-order valence-corrected chi connectivity index (χ0v) is 14.9. The summed E-state index contributed by atoms with van der Waals surface area (Å²) in [7, 11) is 0. The van der Waals surface area contributed by atoms with Crippen molar-refractivity contribution < 1.29 is 19.4 Å². The monoisotopic (exact) mass is 359 g/mol. The summed E-state index contributed by atoms with van der Waals surface area (Å²) in [5, 5.41) is 12.5. The summed E-state index contributed by atoms with van der Waals surface area (Å²) in [4.78, 5) is 11.1. The van der Waals surface area contributed by atoms with Crippen LogP contribution in [-0.2, 0) is 4.79 Å². The summed E-state index contributed by atoms with van der Waals surface area (Å²) in [6, 6.07) is 3.16. The van der Waals surface area contributed by atoms with E-state index in [-0.39, 0.29) is 5.37 Å². The van der Waals surface area contributed by atoms with Crippen molar-refractivity contribution >= 4 is 29.3 Å². The van der Waals surface area contributed by atoms with Crippen LogP contribution in [0.15, 0.2) is 12.1 Å². The fourth-order valence-electron chi connectivity index (χ4n) is 2.27. The van der Waals surface area contributed by atoms with Gasteiger partial charge >= 0.3 is 5.97 Å². The molecule has 128 valence electrons. The van der Waals surface area contributed by atoms with Crippen LogP contribution in [0.5, 0.6) is 11.5 Å². The van der Waals surface area contributed by atoms with Crippen molar-refractivity contribution in [3.63, 3.8) is 0 Å². The van der Waals surface area contributed by atoms with E-state index in [4.69, 9.17) is 26.2 Å². The average molecular weight is 360 g/mol. The first-order chi connectivity index (χ1) is 11.1. The van der Waals surface area contributed by atoms with Crippen molar-refractivity contribution in [1.82, 2.24) is 5.32 Å². The summed E-state index contributed by atoms with van der Waals surface area (Å²) in [6.45, 7) is 5.10. The predicted octanol–water partition coefficient (Wildman–Crippen LogP) is 3.71. The molecule has 7 heteroatoms. The minimum Gasteiger partial charge on any atom is -0.490 e. The molecule has 0 aliphatic carbocycles. The molecule has 1 aliphatic rings. The van der Waals surface area contributed by atoms with E-state index in [1.807, 2.05) is 19.1 Å². The van der Waals surface area contributed by atoms with Crippen LogP contribution in [0.25, 0.3) is 0 Å². The Morgan fingerprint density at radius 3 is 2.83 bits per heavy atom. The third-order valence-corrected chi connectivity index (χ3v) is 5.01. The van der Waals surface area contributed by atoms with Crippen molar-refractivity contribution in [2.75, 3.05) is 19.0 Å². The van der Waals surface area contributed by atoms with Crippen molar-refractivity contribution in [3.8, 4) is 11.5 Å². The summed E-state index contributed by atoms with van der Waals surface area (Å²) in [5.74, 6) is 0.850. The number of carboxylic acid groups (broad SMARTS) is 1. The Hall–Kier alpha value is -1.11. The Morgan fingerprint density at radius 2 is 2.22 bits per heavy atom. The molecule has 0 spiro atoms. The molecular weight excluding hydrogens is 338 g/mol. The number of rotatable bonds is 8.